The molecule has 0 amide bonds. The van der Waals surface area contributed by atoms with Gasteiger partial charge in [0.05, 0.1) is 0 Å². The van der Waals surface area contributed by atoms with E-state index < -0.39 is 11.6 Å². The standard InChI is InChI=1S/C13H18F2N2/c14-11-1-2-12(13(15)9-11)10-3-6-17(7-4-10)8-5-16/h1-2,9-10H,3-8,16H2. The van der Waals surface area contributed by atoms with Gasteiger partial charge in [0.25, 0.3) is 0 Å². The van der Waals surface area contributed by atoms with Crippen LogP contribution >= 0.6 is 0 Å². The Hall–Kier alpha value is -1.00. The van der Waals surface area contributed by atoms with Crippen LogP contribution in [0.3, 0.4) is 0 Å². The highest BCUT2D eigenvalue weighted by atomic mass is 19.1. The molecule has 17 heavy (non-hydrogen) atoms. The van der Waals surface area contributed by atoms with Crippen molar-refractivity contribution in [3.05, 3.63) is 35.4 Å². The lowest BCUT2D eigenvalue weighted by Crippen LogP contribution is -2.36. The van der Waals surface area contributed by atoms with Crippen molar-refractivity contribution in [2.24, 2.45) is 5.73 Å². The summed E-state index contributed by atoms with van der Waals surface area (Å²) >= 11 is 0. The third-order valence-corrected chi connectivity index (χ3v) is 3.44. The van der Waals surface area contributed by atoms with Crippen molar-refractivity contribution in [1.82, 2.24) is 4.90 Å². The highest BCUT2D eigenvalue weighted by molar-refractivity contribution is 5.23. The third kappa shape index (κ3) is 3.01. The van der Waals surface area contributed by atoms with Gasteiger partial charge in [-0.25, -0.2) is 8.78 Å². The van der Waals surface area contributed by atoms with Crippen LogP contribution in [0.15, 0.2) is 18.2 Å². The van der Waals surface area contributed by atoms with Gasteiger partial charge in [-0.2, -0.15) is 0 Å². The Morgan fingerprint density at radius 1 is 1.24 bits per heavy atom. The Morgan fingerprint density at radius 2 is 1.94 bits per heavy atom. The molecule has 0 aliphatic carbocycles. The van der Waals surface area contributed by atoms with E-state index in [4.69, 9.17) is 5.73 Å². The Bertz CT molecular complexity index is 374. The predicted octanol–water partition coefficient (Wildman–Crippen LogP) is 2.10. The van der Waals surface area contributed by atoms with Crippen molar-refractivity contribution in [2.45, 2.75) is 18.8 Å². The number of nitrogens with two attached hydrogens (primary N) is 1. The molecule has 94 valence electrons. The topological polar surface area (TPSA) is 29.3 Å². The molecule has 0 unspecified atom stereocenters. The van der Waals surface area contributed by atoms with Crippen molar-refractivity contribution in [3.63, 3.8) is 0 Å². The predicted molar refractivity (Wildman–Crippen MR) is 63.8 cm³/mol. The van der Waals surface area contributed by atoms with E-state index in [0.29, 0.717) is 12.1 Å². The van der Waals surface area contributed by atoms with E-state index in [1.807, 2.05) is 0 Å². The lowest BCUT2D eigenvalue weighted by atomic mass is 9.89. The Kier molecular flexibility index (Phi) is 4.07. The van der Waals surface area contributed by atoms with E-state index in [0.717, 1.165) is 38.5 Å². The summed E-state index contributed by atoms with van der Waals surface area (Å²) in [6.07, 6.45) is 1.84. The number of hydrogen-bond acceptors (Lipinski definition) is 2. The molecule has 0 saturated carbocycles. The molecule has 1 aromatic rings. The largest absolute Gasteiger partial charge is 0.329 e. The van der Waals surface area contributed by atoms with Crippen molar-refractivity contribution in [1.29, 1.82) is 0 Å². The molecule has 1 aliphatic rings. The van der Waals surface area contributed by atoms with Crippen LogP contribution in [0.25, 0.3) is 0 Å². The monoisotopic (exact) mass is 240 g/mol. The zero-order chi connectivity index (χ0) is 12.3. The summed E-state index contributed by atoms with van der Waals surface area (Å²) in [7, 11) is 0. The average molecular weight is 240 g/mol. The second-order valence-corrected chi connectivity index (χ2v) is 4.57. The average Bonchev–Trinajstić information content (AvgIpc) is 2.31. The van der Waals surface area contributed by atoms with E-state index in [9.17, 15) is 8.78 Å². The van der Waals surface area contributed by atoms with Crippen LogP contribution < -0.4 is 5.73 Å². The van der Waals surface area contributed by atoms with Crippen molar-refractivity contribution in [2.75, 3.05) is 26.2 Å². The summed E-state index contributed by atoms with van der Waals surface area (Å²) in [5.74, 6) is -0.710. The molecule has 0 radical (unpaired) electrons. The molecule has 1 fully saturated rings. The maximum absolute atomic E-state index is 13.6. The summed E-state index contributed by atoms with van der Waals surface area (Å²) in [6.45, 7) is 3.45. The fourth-order valence-electron chi connectivity index (χ4n) is 2.48. The van der Waals surface area contributed by atoms with E-state index in [1.165, 1.54) is 6.07 Å². The fourth-order valence-corrected chi connectivity index (χ4v) is 2.48. The van der Waals surface area contributed by atoms with Crippen LogP contribution in [-0.2, 0) is 0 Å². The first kappa shape index (κ1) is 12.5. The Morgan fingerprint density at radius 3 is 2.53 bits per heavy atom. The third-order valence-electron chi connectivity index (χ3n) is 3.44. The SMILES string of the molecule is NCCN1CCC(c2ccc(F)cc2F)CC1. The highest BCUT2D eigenvalue weighted by Gasteiger charge is 2.22. The highest BCUT2D eigenvalue weighted by Crippen LogP contribution is 2.29. The van der Waals surface area contributed by atoms with Crippen LogP contribution in [0.4, 0.5) is 8.78 Å². The van der Waals surface area contributed by atoms with E-state index in [2.05, 4.69) is 4.90 Å². The van der Waals surface area contributed by atoms with Gasteiger partial charge in [0.15, 0.2) is 0 Å². The van der Waals surface area contributed by atoms with Gasteiger partial charge in [0, 0.05) is 19.2 Å². The lowest BCUT2D eigenvalue weighted by molar-refractivity contribution is 0.216. The summed E-state index contributed by atoms with van der Waals surface area (Å²) in [6, 6.07) is 3.89. The Balaban J connectivity index is 2.00. The normalized spacial score (nSPS) is 18.5. The van der Waals surface area contributed by atoms with Crippen molar-refractivity contribution < 1.29 is 8.78 Å². The van der Waals surface area contributed by atoms with Gasteiger partial charge in [-0.15, -0.1) is 0 Å². The quantitative estimate of drug-likeness (QED) is 0.876. The number of piperidine rings is 1. The minimum absolute atomic E-state index is 0.213. The zero-order valence-corrected chi connectivity index (χ0v) is 9.83. The molecule has 0 aromatic heterocycles. The molecular formula is C13H18F2N2. The maximum atomic E-state index is 13.6. The minimum atomic E-state index is -0.508. The first-order chi connectivity index (χ1) is 8.20. The minimum Gasteiger partial charge on any atom is -0.329 e. The summed E-state index contributed by atoms with van der Waals surface area (Å²) in [5.41, 5.74) is 6.15. The van der Waals surface area contributed by atoms with Gasteiger partial charge in [-0.1, -0.05) is 6.07 Å². The van der Waals surface area contributed by atoms with Gasteiger partial charge >= 0.3 is 0 Å². The lowest BCUT2D eigenvalue weighted by Gasteiger charge is -2.31. The first-order valence-electron chi connectivity index (χ1n) is 6.08. The number of benzene rings is 1. The number of hydrogen-bond donors (Lipinski definition) is 1. The molecule has 0 bridgehead atoms. The molecule has 0 atom stereocenters. The molecule has 1 heterocycles. The smallest absolute Gasteiger partial charge is 0.129 e. The van der Waals surface area contributed by atoms with E-state index in [1.54, 1.807) is 6.07 Å². The van der Waals surface area contributed by atoms with E-state index >= 15 is 0 Å². The van der Waals surface area contributed by atoms with Crippen LogP contribution in [-0.4, -0.2) is 31.1 Å². The first-order valence-corrected chi connectivity index (χ1v) is 6.08. The van der Waals surface area contributed by atoms with Gasteiger partial charge in [0.1, 0.15) is 11.6 Å². The number of halogens is 2. The van der Waals surface area contributed by atoms with Gasteiger partial charge in [-0.3, -0.25) is 0 Å². The van der Waals surface area contributed by atoms with Gasteiger partial charge in [-0.05, 0) is 43.5 Å². The van der Waals surface area contributed by atoms with Crippen molar-refractivity contribution in [3.8, 4) is 0 Å². The molecule has 2 nitrogen and oxygen atoms in total. The molecule has 1 saturated heterocycles. The summed E-state index contributed by atoms with van der Waals surface area (Å²) in [5, 5.41) is 0. The van der Waals surface area contributed by atoms with Crippen molar-refractivity contribution >= 4 is 0 Å². The number of likely N-dealkylation sites (tertiary alicyclic amines) is 1. The molecule has 2 rings (SSSR count). The molecular weight excluding hydrogens is 222 g/mol. The van der Waals surface area contributed by atoms with Crippen LogP contribution in [0, 0.1) is 11.6 Å². The molecule has 0 spiro atoms. The van der Waals surface area contributed by atoms with E-state index in [-0.39, 0.29) is 5.92 Å². The van der Waals surface area contributed by atoms with Crippen LogP contribution in [0.1, 0.15) is 24.3 Å². The number of nitrogens with zero attached hydrogens (tertiary/aromatic N) is 1. The Labute approximate surface area is 100 Å². The second-order valence-electron chi connectivity index (χ2n) is 4.57. The number of rotatable bonds is 3. The van der Waals surface area contributed by atoms with Gasteiger partial charge in [0.2, 0.25) is 0 Å². The molecule has 1 aromatic carbocycles. The van der Waals surface area contributed by atoms with Crippen LogP contribution in [0.5, 0.6) is 0 Å². The summed E-state index contributed by atoms with van der Waals surface area (Å²) < 4.78 is 26.4. The van der Waals surface area contributed by atoms with Crippen LogP contribution in [0.2, 0.25) is 0 Å². The molecule has 4 heteroatoms. The maximum Gasteiger partial charge on any atom is 0.129 e. The zero-order valence-electron chi connectivity index (χ0n) is 9.83. The molecule has 1 aliphatic heterocycles. The fraction of sp³-hybridized carbons (Fsp3) is 0.538. The summed E-state index contributed by atoms with van der Waals surface area (Å²) in [4.78, 5) is 2.29. The second kappa shape index (κ2) is 5.56. The molecule has 2 N–H and O–H groups in total. The van der Waals surface area contributed by atoms with Gasteiger partial charge < -0.3 is 10.6 Å².